The van der Waals surface area contributed by atoms with Crippen LogP contribution in [0, 0.1) is 12.8 Å². The second-order valence-electron chi connectivity index (χ2n) is 10.5. The number of hydrogen-bond acceptors (Lipinski definition) is 5. The summed E-state index contributed by atoms with van der Waals surface area (Å²) in [6.45, 7) is 6.18. The van der Waals surface area contributed by atoms with E-state index in [0.29, 0.717) is 42.7 Å². The van der Waals surface area contributed by atoms with Gasteiger partial charge >= 0.3 is 0 Å². The average Bonchev–Trinajstić information content (AvgIpc) is 2.85. The molecule has 5 heteroatoms. The fourth-order valence-corrected chi connectivity index (χ4v) is 6.45. The second kappa shape index (κ2) is 8.58. The van der Waals surface area contributed by atoms with Gasteiger partial charge in [-0.2, -0.15) is 0 Å². The molecule has 35 heavy (non-hydrogen) atoms. The molecule has 1 fully saturated rings. The number of carbonyl (C=O) groups is 1. The maximum atomic E-state index is 13.4. The summed E-state index contributed by atoms with van der Waals surface area (Å²) in [4.78, 5) is 17.7. The molecule has 2 aliphatic rings. The molecule has 182 valence electrons. The van der Waals surface area contributed by atoms with Crippen molar-refractivity contribution >= 4 is 5.78 Å². The van der Waals surface area contributed by atoms with Gasteiger partial charge in [-0.1, -0.05) is 49.4 Å². The highest BCUT2D eigenvalue weighted by molar-refractivity contribution is 6.00. The van der Waals surface area contributed by atoms with Gasteiger partial charge in [-0.3, -0.25) is 9.78 Å². The van der Waals surface area contributed by atoms with Crippen LogP contribution in [0.25, 0.3) is 0 Å². The molecule has 2 aromatic carbocycles. The molecule has 3 aromatic rings. The molecule has 0 radical (unpaired) electrons. The SMILES string of the molecule is CC[C@@]12CC(C)(O)[C@](O)(c3ccccc3)C[C@H]1CC(=O)c1cc(OCc3cccnc3C)ccc12. The Labute approximate surface area is 206 Å². The Bertz CT molecular complexity index is 1250. The normalized spacial score (nSPS) is 29.9. The summed E-state index contributed by atoms with van der Waals surface area (Å²) in [5, 5.41) is 23.5. The van der Waals surface area contributed by atoms with Crippen LogP contribution in [0.4, 0.5) is 0 Å². The highest BCUT2D eigenvalue weighted by Gasteiger charge is 2.61. The van der Waals surface area contributed by atoms with Crippen LogP contribution in [0.15, 0.2) is 66.9 Å². The molecule has 1 saturated carbocycles. The van der Waals surface area contributed by atoms with Gasteiger partial charge in [0.15, 0.2) is 5.78 Å². The van der Waals surface area contributed by atoms with Gasteiger partial charge in [0.25, 0.3) is 0 Å². The molecule has 1 unspecified atom stereocenters. The number of fused-ring (bicyclic) bond motifs is 3. The summed E-state index contributed by atoms with van der Waals surface area (Å²) in [6, 6.07) is 19.0. The number of aryl methyl sites for hydroxylation is 1. The van der Waals surface area contributed by atoms with Crippen LogP contribution in [0.5, 0.6) is 5.75 Å². The van der Waals surface area contributed by atoms with E-state index in [2.05, 4.69) is 11.9 Å². The molecule has 5 rings (SSSR count). The minimum Gasteiger partial charge on any atom is -0.489 e. The number of aliphatic hydroxyl groups is 2. The van der Waals surface area contributed by atoms with Crippen LogP contribution >= 0.6 is 0 Å². The largest absolute Gasteiger partial charge is 0.489 e. The van der Waals surface area contributed by atoms with E-state index in [9.17, 15) is 15.0 Å². The molecular formula is C30H33NO4. The quantitative estimate of drug-likeness (QED) is 0.531. The van der Waals surface area contributed by atoms with Gasteiger partial charge in [-0.25, -0.2) is 0 Å². The van der Waals surface area contributed by atoms with E-state index in [1.807, 2.05) is 67.6 Å². The molecule has 0 saturated heterocycles. The third kappa shape index (κ3) is 3.78. The van der Waals surface area contributed by atoms with Crippen LogP contribution in [0.3, 0.4) is 0 Å². The number of ketones is 1. The predicted octanol–water partition coefficient (Wildman–Crippen LogP) is 5.25. The maximum absolute atomic E-state index is 13.4. The molecule has 1 aromatic heterocycles. The molecule has 0 amide bonds. The summed E-state index contributed by atoms with van der Waals surface area (Å²) in [6.07, 6.45) is 3.59. The maximum Gasteiger partial charge on any atom is 0.163 e. The predicted molar refractivity (Wildman–Crippen MR) is 134 cm³/mol. The van der Waals surface area contributed by atoms with E-state index < -0.39 is 16.6 Å². The third-order valence-corrected chi connectivity index (χ3v) is 8.53. The van der Waals surface area contributed by atoms with Crippen molar-refractivity contribution in [3.05, 3.63) is 94.8 Å². The zero-order valence-electron chi connectivity index (χ0n) is 20.6. The minimum absolute atomic E-state index is 0.0639. The van der Waals surface area contributed by atoms with Gasteiger partial charge < -0.3 is 14.9 Å². The van der Waals surface area contributed by atoms with Crippen molar-refractivity contribution in [2.45, 2.75) is 69.7 Å². The second-order valence-corrected chi connectivity index (χ2v) is 10.5. The van der Waals surface area contributed by atoms with E-state index in [1.165, 1.54) is 0 Å². The lowest BCUT2D eigenvalue weighted by Gasteiger charge is -2.58. The number of ether oxygens (including phenoxy) is 1. The topological polar surface area (TPSA) is 79.7 Å². The molecule has 4 atom stereocenters. The number of hydrogen-bond donors (Lipinski definition) is 2. The Morgan fingerprint density at radius 1 is 1.09 bits per heavy atom. The van der Waals surface area contributed by atoms with Crippen molar-refractivity contribution in [1.82, 2.24) is 4.98 Å². The number of rotatable bonds is 5. The minimum atomic E-state index is -1.42. The summed E-state index contributed by atoms with van der Waals surface area (Å²) in [7, 11) is 0. The molecule has 0 aliphatic heterocycles. The van der Waals surface area contributed by atoms with Crippen molar-refractivity contribution in [1.29, 1.82) is 0 Å². The Kier molecular flexibility index (Phi) is 5.81. The lowest BCUT2D eigenvalue weighted by Crippen LogP contribution is -2.62. The van der Waals surface area contributed by atoms with E-state index in [4.69, 9.17) is 4.74 Å². The molecule has 2 aliphatic carbocycles. The Morgan fingerprint density at radius 3 is 2.57 bits per heavy atom. The number of nitrogens with zero attached hydrogens (tertiary/aromatic N) is 1. The zero-order chi connectivity index (χ0) is 24.8. The molecular weight excluding hydrogens is 438 g/mol. The number of pyridine rings is 1. The van der Waals surface area contributed by atoms with Gasteiger partial charge in [-0.15, -0.1) is 0 Å². The molecule has 1 heterocycles. The summed E-state index contributed by atoms with van der Waals surface area (Å²) in [5.74, 6) is 0.644. The van der Waals surface area contributed by atoms with Crippen LogP contribution in [0.2, 0.25) is 0 Å². The number of aromatic nitrogens is 1. The Balaban J connectivity index is 1.50. The monoisotopic (exact) mass is 471 g/mol. The number of benzene rings is 2. The molecule has 5 nitrogen and oxygen atoms in total. The highest BCUT2D eigenvalue weighted by atomic mass is 16.5. The van der Waals surface area contributed by atoms with E-state index in [-0.39, 0.29) is 11.7 Å². The first-order valence-electron chi connectivity index (χ1n) is 12.4. The first kappa shape index (κ1) is 23.7. The van der Waals surface area contributed by atoms with E-state index in [0.717, 1.165) is 23.2 Å². The first-order chi connectivity index (χ1) is 16.7. The van der Waals surface area contributed by atoms with Gasteiger partial charge in [0, 0.05) is 34.9 Å². The Hall–Kier alpha value is -3.02. The van der Waals surface area contributed by atoms with Crippen molar-refractivity contribution in [2.24, 2.45) is 5.92 Å². The number of Topliss-reactive ketones (excluding diaryl/α,β-unsaturated/α-hetero) is 1. The van der Waals surface area contributed by atoms with Gasteiger partial charge in [0.05, 0.1) is 5.60 Å². The smallest absolute Gasteiger partial charge is 0.163 e. The lowest BCUT2D eigenvalue weighted by molar-refractivity contribution is -0.203. The summed E-state index contributed by atoms with van der Waals surface area (Å²) >= 11 is 0. The van der Waals surface area contributed by atoms with Crippen LogP contribution in [-0.2, 0) is 17.6 Å². The highest BCUT2D eigenvalue weighted by Crippen LogP contribution is 2.60. The standard InChI is InChI=1S/C30H33NO4/c1-4-29-19-28(3,33)30(34,22-10-6-5-7-11-22)17-23(29)15-27(32)25-16-24(12-13-26(25)29)35-18-21-9-8-14-31-20(21)2/h5-14,16,23,33-34H,4,15,17-19H2,1-3H3/t23-,28?,29-,30-/m1/s1. The molecule has 2 N–H and O–H groups in total. The van der Waals surface area contributed by atoms with Crippen molar-refractivity contribution < 1.29 is 19.7 Å². The lowest BCUT2D eigenvalue weighted by atomic mass is 9.48. The molecule has 0 bridgehead atoms. The van der Waals surface area contributed by atoms with Crippen LogP contribution < -0.4 is 4.74 Å². The fraction of sp³-hybridized carbons (Fsp3) is 0.400. The van der Waals surface area contributed by atoms with Crippen molar-refractivity contribution in [3.8, 4) is 5.75 Å². The van der Waals surface area contributed by atoms with E-state index >= 15 is 0 Å². The average molecular weight is 472 g/mol. The van der Waals surface area contributed by atoms with Crippen LogP contribution in [0.1, 0.15) is 72.3 Å². The Morgan fingerprint density at radius 2 is 1.86 bits per heavy atom. The summed E-state index contributed by atoms with van der Waals surface area (Å²) in [5.41, 5.74) is 1.08. The first-order valence-corrected chi connectivity index (χ1v) is 12.4. The van der Waals surface area contributed by atoms with Crippen molar-refractivity contribution in [2.75, 3.05) is 0 Å². The van der Waals surface area contributed by atoms with Crippen LogP contribution in [-0.4, -0.2) is 26.6 Å². The number of carbonyl (C=O) groups excluding carboxylic acids is 1. The molecule has 0 spiro atoms. The third-order valence-electron chi connectivity index (χ3n) is 8.53. The van der Waals surface area contributed by atoms with Gasteiger partial charge in [0.2, 0.25) is 0 Å². The van der Waals surface area contributed by atoms with E-state index in [1.54, 1.807) is 13.1 Å². The van der Waals surface area contributed by atoms with Crippen molar-refractivity contribution in [3.63, 3.8) is 0 Å². The summed E-state index contributed by atoms with van der Waals surface area (Å²) < 4.78 is 6.04. The zero-order valence-corrected chi connectivity index (χ0v) is 20.6. The fourth-order valence-electron chi connectivity index (χ4n) is 6.45. The van der Waals surface area contributed by atoms with Gasteiger partial charge in [0.1, 0.15) is 18.0 Å². The van der Waals surface area contributed by atoms with Gasteiger partial charge in [-0.05, 0) is 68.4 Å².